The highest BCUT2D eigenvalue weighted by atomic mass is 32.2. The van der Waals surface area contributed by atoms with Crippen molar-refractivity contribution in [3.8, 4) is 17.1 Å². The molecule has 2 aromatic heterocycles. The van der Waals surface area contributed by atoms with Gasteiger partial charge in [0.05, 0.1) is 0 Å². The zero-order chi connectivity index (χ0) is 16.1. The monoisotopic (exact) mass is 325 g/mol. The van der Waals surface area contributed by atoms with E-state index in [0.29, 0.717) is 0 Å². The summed E-state index contributed by atoms with van der Waals surface area (Å²) in [5, 5.41) is 9.72. The lowest BCUT2D eigenvalue weighted by molar-refractivity contribution is 0.437. The minimum Gasteiger partial charge on any atom is -0.309 e. The van der Waals surface area contributed by atoms with Crippen LogP contribution in [0.1, 0.15) is 0 Å². The van der Waals surface area contributed by atoms with Crippen LogP contribution in [0.25, 0.3) is 17.1 Å². The van der Waals surface area contributed by atoms with Gasteiger partial charge in [-0.05, 0) is 38.4 Å². The molecular formula is C17H19N5S. The number of para-hydroxylation sites is 1. The van der Waals surface area contributed by atoms with Crippen molar-refractivity contribution in [3.05, 3.63) is 54.9 Å². The van der Waals surface area contributed by atoms with Crippen LogP contribution in [0.5, 0.6) is 0 Å². The minimum atomic E-state index is 0.839. The van der Waals surface area contributed by atoms with E-state index < -0.39 is 0 Å². The molecule has 0 saturated heterocycles. The summed E-state index contributed by atoms with van der Waals surface area (Å²) in [5.74, 6) is 1.81. The normalized spacial score (nSPS) is 11.1. The van der Waals surface area contributed by atoms with Crippen molar-refractivity contribution in [2.75, 3.05) is 26.4 Å². The molecule has 1 aromatic carbocycles. The Kier molecular flexibility index (Phi) is 5.05. The van der Waals surface area contributed by atoms with Crippen molar-refractivity contribution in [2.24, 2.45) is 0 Å². The van der Waals surface area contributed by atoms with E-state index in [9.17, 15) is 0 Å². The van der Waals surface area contributed by atoms with E-state index >= 15 is 0 Å². The maximum atomic E-state index is 4.41. The SMILES string of the molecule is CN(C)CCSc1nnc(-c2ccncc2)n1-c1ccccc1. The Labute approximate surface area is 140 Å². The second kappa shape index (κ2) is 7.39. The zero-order valence-electron chi connectivity index (χ0n) is 13.3. The molecule has 118 valence electrons. The molecule has 0 bridgehead atoms. The van der Waals surface area contributed by atoms with Crippen LogP contribution in [-0.2, 0) is 0 Å². The molecule has 6 heteroatoms. The summed E-state index contributed by atoms with van der Waals surface area (Å²) in [6.07, 6.45) is 3.55. The molecule has 0 N–H and O–H groups in total. The van der Waals surface area contributed by atoms with E-state index in [1.54, 1.807) is 24.2 Å². The van der Waals surface area contributed by atoms with Crippen LogP contribution >= 0.6 is 11.8 Å². The average Bonchev–Trinajstić information content (AvgIpc) is 3.00. The summed E-state index contributed by atoms with van der Waals surface area (Å²) in [6, 6.07) is 14.1. The first-order valence-corrected chi connectivity index (χ1v) is 8.43. The van der Waals surface area contributed by atoms with Gasteiger partial charge in [-0.2, -0.15) is 0 Å². The second-order valence-corrected chi connectivity index (χ2v) is 6.43. The van der Waals surface area contributed by atoms with E-state index in [4.69, 9.17) is 0 Å². The minimum absolute atomic E-state index is 0.839. The summed E-state index contributed by atoms with van der Waals surface area (Å²) >= 11 is 1.72. The second-order valence-electron chi connectivity index (χ2n) is 5.36. The molecule has 0 aliphatic heterocycles. The Morgan fingerprint density at radius 1 is 1.00 bits per heavy atom. The first kappa shape index (κ1) is 15.7. The van der Waals surface area contributed by atoms with Crippen molar-refractivity contribution in [1.29, 1.82) is 0 Å². The fourth-order valence-electron chi connectivity index (χ4n) is 2.18. The van der Waals surface area contributed by atoms with E-state index in [1.807, 2.05) is 30.3 Å². The molecule has 3 aromatic rings. The van der Waals surface area contributed by atoms with Crippen LogP contribution in [-0.4, -0.2) is 51.0 Å². The Hall–Kier alpha value is -2.18. The molecule has 0 amide bonds. The van der Waals surface area contributed by atoms with Gasteiger partial charge >= 0.3 is 0 Å². The molecule has 0 unspecified atom stereocenters. The number of nitrogens with zero attached hydrogens (tertiary/aromatic N) is 5. The van der Waals surface area contributed by atoms with Crippen LogP contribution in [0.3, 0.4) is 0 Å². The number of pyridine rings is 1. The topological polar surface area (TPSA) is 46.8 Å². The van der Waals surface area contributed by atoms with E-state index in [-0.39, 0.29) is 0 Å². The molecule has 0 aliphatic rings. The molecule has 0 aliphatic carbocycles. The number of hydrogen-bond donors (Lipinski definition) is 0. The molecule has 5 nitrogen and oxygen atoms in total. The van der Waals surface area contributed by atoms with Crippen molar-refractivity contribution in [2.45, 2.75) is 5.16 Å². The largest absolute Gasteiger partial charge is 0.309 e. The third-order valence-corrected chi connectivity index (χ3v) is 4.27. The Morgan fingerprint density at radius 2 is 1.74 bits per heavy atom. The van der Waals surface area contributed by atoms with Gasteiger partial charge in [0.2, 0.25) is 0 Å². The maximum absolute atomic E-state index is 4.41. The third kappa shape index (κ3) is 3.78. The summed E-state index contributed by atoms with van der Waals surface area (Å²) < 4.78 is 2.11. The van der Waals surface area contributed by atoms with Gasteiger partial charge in [0, 0.05) is 35.9 Å². The third-order valence-electron chi connectivity index (χ3n) is 3.36. The van der Waals surface area contributed by atoms with Crippen molar-refractivity contribution < 1.29 is 0 Å². The van der Waals surface area contributed by atoms with Gasteiger partial charge in [-0.25, -0.2) is 0 Å². The quantitative estimate of drug-likeness (QED) is 0.652. The highest BCUT2D eigenvalue weighted by Crippen LogP contribution is 2.27. The molecule has 23 heavy (non-hydrogen) atoms. The van der Waals surface area contributed by atoms with E-state index in [2.05, 4.69) is 50.9 Å². The lowest BCUT2D eigenvalue weighted by Crippen LogP contribution is -2.15. The van der Waals surface area contributed by atoms with Crippen molar-refractivity contribution in [3.63, 3.8) is 0 Å². The van der Waals surface area contributed by atoms with Crippen LogP contribution < -0.4 is 0 Å². The highest BCUT2D eigenvalue weighted by Gasteiger charge is 2.15. The fraction of sp³-hybridized carbons (Fsp3) is 0.235. The van der Waals surface area contributed by atoms with Gasteiger partial charge in [-0.15, -0.1) is 10.2 Å². The van der Waals surface area contributed by atoms with Gasteiger partial charge in [-0.1, -0.05) is 30.0 Å². The van der Waals surface area contributed by atoms with Crippen molar-refractivity contribution in [1.82, 2.24) is 24.6 Å². The molecule has 3 rings (SSSR count). The van der Waals surface area contributed by atoms with Crippen LogP contribution in [0.4, 0.5) is 0 Å². The summed E-state index contributed by atoms with van der Waals surface area (Å²) in [4.78, 5) is 6.25. The van der Waals surface area contributed by atoms with Gasteiger partial charge in [0.1, 0.15) is 0 Å². The molecule has 0 radical (unpaired) electrons. The van der Waals surface area contributed by atoms with E-state index in [0.717, 1.165) is 34.5 Å². The van der Waals surface area contributed by atoms with Crippen LogP contribution in [0, 0.1) is 0 Å². The molecular weight excluding hydrogens is 306 g/mol. The summed E-state index contributed by atoms with van der Waals surface area (Å²) in [7, 11) is 4.15. The lowest BCUT2D eigenvalue weighted by Gasteiger charge is -2.11. The lowest BCUT2D eigenvalue weighted by atomic mass is 10.2. The Bertz CT molecular complexity index is 740. The van der Waals surface area contributed by atoms with E-state index in [1.165, 1.54) is 0 Å². The van der Waals surface area contributed by atoms with Crippen LogP contribution in [0.2, 0.25) is 0 Å². The molecule has 2 heterocycles. The fourth-order valence-corrected chi connectivity index (χ4v) is 3.24. The highest BCUT2D eigenvalue weighted by molar-refractivity contribution is 7.99. The Morgan fingerprint density at radius 3 is 2.43 bits per heavy atom. The summed E-state index contributed by atoms with van der Waals surface area (Å²) in [6.45, 7) is 0.997. The average molecular weight is 325 g/mol. The number of aromatic nitrogens is 4. The van der Waals surface area contributed by atoms with Gasteiger partial charge in [0.25, 0.3) is 0 Å². The number of rotatable bonds is 6. The predicted molar refractivity (Wildman–Crippen MR) is 93.9 cm³/mol. The predicted octanol–water partition coefficient (Wildman–Crippen LogP) is 2.98. The molecule has 0 spiro atoms. The first-order valence-electron chi connectivity index (χ1n) is 7.44. The number of benzene rings is 1. The maximum Gasteiger partial charge on any atom is 0.196 e. The first-order chi connectivity index (χ1) is 11.3. The smallest absolute Gasteiger partial charge is 0.196 e. The Balaban J connectivity index is 1.99. The van der Waals surface area contributed by atoms with Gasteiger partial charge in [-0.3, -0.25) is 9.55 Å². The molecule has 0 saturated carbocycles. The van der Waals surface area contributed by atoms with Gasteiger partial charge in [0.15, 0.2) is 11.0 Å². The summed E-state index contributed by atoms with van der Waals surface area (Å²) in [5.41, 5.74) is 2.08. The van der Waals surface area contributed by atoms with Gasteiger partial charge < -0.3 is 4.90 Å². The zero-order valence-corrected chi connectivity index (χ0v) is 14.1. The molecule has 0 atom stereocenters. The van der Waals surface area contributed by atoms with Crippen LogP contribution in [0.15, 0.2) is 60.0 Å². The number of thioether (sulfide) groups is 1. The molecule has 0 fully saturated rings. The van der Waals surface area contributed by atoms with Crippen molar-refractivity contribution >= 4 is 11.8 Å². The standard InChI is InChI=1S/C17H19N5S/c1-21(2)12-13-23-17-20-19-16(14-8-10-18-11-9-14)22(17)15-6-4-3-5-7-15/h3-11H,12-13H2,1-2H3. The number of hydrogen-bond acceptors (Lipinski definition) is 5.